The highest BCUT2D eigenvalue weighted by atomic mass is 16.7. The molecule has 0 spiro atoms. The second kappa shape index (κ2) is 10.4. The van der Waals surface area contributed by atoms with E-state index >= 15 is 0 Å². The smallest absolute Gasteiger partial charge is 0.305 e. The number of nitro benzene ring substituents is 1. The Morgan fingerprint density at radius 2 is 1.64 bits per heavy atom. The fourth-order valence-electron chi connectivity index (χ4n) is 3.86. The van der Waals surface area contributed by atoms with Crippen LogP contribution in [0.5, 0.6) is 0 Å². The molecule has 0 aliphatic carbocycles. The number of benzene rings is 1. The number of likely N-dealkylation sites (tertiary alicyclic amines) is 1. The third-order valence-electron chi connectivity index (χ3n) is 5.36. The van der Waals surface area contributed by atoms with E-state index in [4.69, 9.17) is 14.2 Å². The van der Waals surface area contributed by atoms with Crippen molar-refractivity contribution in [3.63, 3.8) is 0 Å². The molecule has 4 atom stereocenters. The average molecular weight is 463 g/mol. The number of hydrogen-bond acceptors (Lipinski definition) is 9. The number of rotatable bonds is 6. The molecule has 1 aromatic carbocycles. The van der Waals surface area contributed by atoms with Gasteiger partial charge in [-0.25, -0.2) is 0 Å². The first-order valence-electron chi connectivity index (χ1n) is 10.5. The predicted molar refractivity (Wildman–Crippen MR) is 111 cm³/mol. The first-order chi connectivity index (χ1) is 15.7. The van der Waals surface area contributed by atoms with Crippen LogP contribution in [0.2, 0.25) is 0 Å². The number of amides is 2. The van der Waals surface area contributed by atoms with Gasteiger partial charge in [0, 0.05) is 44.6 Å². The van der Waals surface area contributed by atoms with Crippen molar-refractivity contribution in [1.82, 2.24) is 10.2 Å². The molecular weight excluding hydrogens is 438 g/mol. The van der Waals surface area contributed by atoms with Crippen LogP contribution in [0.25, 0.3) is 0 Å². The van der Waals surface area contributed by atoms with Gasteiger partial charge in [-0.15, -0.1) is 0 Å². The number of nitro groups is 1. The number of hydrogen-bond donors (Lipinski definition) is 1. The molecule has 0 bridgehead atoms. The van der Waals surface area contributed by atoms with E-state index < -0.39 is 53.2 Å². The minimum absolute atomic E-state index is 0.0854. The number of non-ortho nitro benzene ring substituents is 1. The summed E-state index contributed by atoms with van der Waals surface area (Å²) in [5.74, 6) is -2.53. The number of ether oxygens (including phenoxy) is 3. The zero-order valence-corrected chi connectivity index (χ0v) is 18.2. The largest absolute Gasteiger partial charge is 0.454 e. The number of carbonyl (C=O) groups is 4. The lowest BCUT2D eigenvalue weighted by atomic mass is 10.0. The Kier molecular flexibility index (Phi) is 7.59. The van der Waals surface area contributed by atoms with Crippen molar-refractivity contribution in [3.05, 3.63) is 39.9 Å². The summed E-state index contributed by atoms with van der Waals surface area (Å²) in [6, 6.07) is 3.70. The van der Waals surface area contributed by atoms with Gasteiger partial charge >= 0.3 is 11.9 Å². The SMILES string of the molecule is CC(=O)OC1O[C@H](C(=O)N2CCCCC2)[C@@H](NC(=O)c2ccc([N+](=O)[O-])cc2)[C@H]1OC(C)=O. The van der Waals surface area contributed by atoms with Crippen LogP contribution in [0.1, 0.15) is 43.5 Å². The van der Waals surface area contributed by atoms with Crippen LogP contribution >= 0.6 is 0 Å². The van der Waals surface area contributed by atoms with Gasteiger partial charge in [0.25, 0.3) is 17.5 Å². The van der Waals surface area contributed by atoms with E-state index in [1.54, 1.807) is 4.90 Å². The van der Waals surface area contributed by atoms with Crippen molar-refractivity contribution in [3.8, 4) is 0 Å². The lowest BCUT2D eigenvalue weighted by molar-refractivity contribution is -0.384. The van der Waals surface area contributed by atoms with Gasteiger partial charge in [-0.05, 0) is 31.4 Å². The highest BCUT2D eigenvalue weighted by Crippen LogP contribution is 2.28. The Balaban J connectivity index is 1.88. The zero-order valence-electron chi connectivity index (χ0n) is 18.2. The molecule has 2 amide bonds. The van der Waals surface area contributed by atoms with Gasteiger partial charge < -0.3 is 24.4 Å². The van der Waals surface area contributed by atoms with Gasteiger partial charge in [-0.1, -0.05) is 0 Å². The molecule has 2 heterocycles. The third-order valence-corrected chi connectivity index (χ3v) is 5.36. The summed E-state index contributed by atoms with van der Waals surface area (Å²) >= 11 is 0. The number of esters is 2. The maximum Gasteiger partial charge on any atom is 0.305 e. The normalized spacial score (nSPS) is 24.6. The monoisotopic (exact) mass is 463 g/mol. The Morgan fingerprint density at radius 1 is 1.03 bits per heavy atom. The van der Waals surface area contributed by atoms with Gasteiger partial charge in [0.15, 0.2) is 12.2 Å². The molecule has 0 radical (unpaired) electrons. The molecule has 2 aliphatic heterocycles. The number of nitrogens with one attached hydrogen (secondary N) is 1. The lowest BCUT2D eigenvalue weighted by Crippen LogP contribution is -2.54. The van der Waals surface area contributed by atoms with E-state index in [1.165, 1.54) is 24.3 Å². The Labute approximate surface area is 189 Å². The lowest BCUT2D eigenvalue weighted by Gasteiger charge is -2.31. The molecular formula is C21H25N3O9. The van der Waals surface area contributed by atoms with E-state index in [2.05, 4.69) is 5.32 Å². The summed E-state index contributed by atoms with van der Waals surface area (Å²) in [7, 11) is 0. The molecule has 2 saturated heterocycles. The molecule has 1 unspecified atom stereocenters. The van der Waals surface area contributed by atoms with E-state index in [-0.39, 0.29) is 11.3 Å². The van der Waals surface area contributed by atoms with E-state index in [9.17, 15) is 29.3 Å². The second-order valence-corrected chi connectivity index (χ2v) is 7.80. The minimum Gasteiger partial charge on any atom is -0.454 e. The zero-order chi connectivity index (χ0) is 24.1. The van der Waals surface area contributed by atoms with Crippen molar-refractivity contribution in [2.24, 2.45) is 0 Å². The van der Waals surface area contributed by atoms with Crippen LogP contribution in [0.4, 0.5) is 5.69 Å². The molecule has 2 aliphatic rings. The van der Waals surface area contributed by atoms with Crippen molar-refractivity contribution < 1.29 is 38.3 Å². The highest BCUT2D eigenvalue weighted by Gasteiger charge is 2.53. The van der Waals surface area contributed by atoms with Crippen LogP contribution in [0, 0.1) is 10.1 Å². The molecule has 3 rings (SSSR count). The quantitative estimate of drug-likeness (QED) is 0.368. The van der Waals surface area contributed by atoms with Crippen LogP contribution in [0.15, 0.2) is 24.3 Å². The first-order valence-corrected chi connectivity index (χ1v) is 10.5. The van der Waals surface area contributed by atoms with Crippen LogP contribution in [-0.4, -0.2) is 71.2 Å². The molecule has 1 N–H and O–H groups in total. The molecule has 12 heteroatoms. The summed E-state index contributed by atoms with van der Waals surface area (Å²) < 4.78 is 16.1. The van der Waals surface area contributed by atoms with E-state index in [1.807, 2.05) is 0 Å². The van der Waals surface area contributed by atoms with Gasteiger partial charge in [0.2, 0.25) is 6.29 Å². The summed E-state index contributed by atoms with van der Waals surface area (Å²) in [6.07, 6.45) is -1.31. The second-order valence-electron chi connectivity index (χ2n) is 7.80. The van der Waals surface area contributed by atoms with Crippen molar-refractivity contribution >= 4 is 29.4 Å². The predicted octanol–water partition coefficient (Wildman–Crippen LogP) is 0.925. The van der Waals surface area contributed by atoms with Crippen molar-refractivity contribution in [2.45, 2.75) is 57.6 Å². The third kappa shape index (κ3) is 5.83. The van der Waals surface area contributed by atoms with Gasteiger partial charge in [-0.3, -0.25) is 29.3 Å². The maximum absolute atomic E-state index is 13.2. The fraction of sp³-hybridized carbons (Fsp3) is 0.524. The summed E-state index contributed by atoms with van der Waals surface area (Å²) in [5.41, 5.74) is -0.108. The Bertz CT molecular complexity index is 927. The van der Waals surface area contributed by atoms with E-state index in [0.29, 0.717) is 13.1 Å². The molecule has 1 aromatic rings. The van der Waals surface area contributed by atoms with Gasteiger partial charge in [-0.2, -0.15) is 0 Å². The maximum atomic E-state index is 13.2. The molecule has 33 heavy (non-hydrogen) atoms. The minimum atomic E-state index is -1.40. The first kappa shape index (κ1) is 24.1. The van der Waals surface area contributed by atoms with Crippen molar-refractivity contribution in [1.29, 1.82) is 0 Å². The van der Waals surface area contributed by atoms with Crippen LogP contribution in [0.3, 0.4) is 0 Å². The topological polar surface area (TPSA) is 154 Å². The van der Waals surface area contributed by atoms with E-state index in [0.717, 1.165) is 33.1 Å². The average Bonchev–Trinajstić information content (AvgIpc) is 3.09. The number of carbonyl (C=O) groups excluding carboxylic acids is 4. The standard InChI is InChI=1S/C21H25N3O9/c1-12(25)31-18-16(22-19(27)14-6-8-15(9-7-14)24(29)30)17(33-21(18)32-13(2)26)20(28)23-10-4-3-5-11-23/h6-9,16-18,21H,3-5,10-11H2,1-2H3,(H,22,27)/t16-,17+,18-,21?/m1/s1. The number of nitrogens with zero attached hydrogens (tertiary/aromatic N) is 2. The molecule has 2 fully saturated rings. The summed E-state index contributed by atoms with van der Waals surface area (Å²) in [6.45, 7) is 3.30. The summed E-state index contributed by atoms with van der Waals surface area (Å²) in [4.78, 5) is 61.2. The molecule has 178 valence electrons. The van der Waals surface area contributed by atoms with Crippen LogP contribution < -0.4 is 5.32 Å². The Hall–Kier alpha value is -3.54. The van der Waals surface area contributed by atoms with Gasteiger partial charge in [0.1, 0.15) is 6.04 Å². The molecule has 12 nitrogen and oxygen atoms in total. The van der Waals surface area contributed by atoms with Crippen molar-refractivity contribution in [2.75, 3.05) is 13.1 Å². The van der Waals surface area contributed by atoms with Gasteiger partial charge in [0.05, 0.1) is 4.92 Å². The highest BCUT2D eigenvalue weighted by molar-refractivity contribution is 5.95. The Morgan fingerprint density at radius 3 is 2.18 bits per heavy atom. The number of piperidine rings is 1. The summed E-state index contributed by atoms with van der Waals surface area (Å²) in [5, 5.41) is 13.5. The molecule has 0 aromatic heterocycles. The van der Waals surface area contributed by atoms with Crippen LogP contribution in [-0.2, 0) is 28.6 Å². The molecule has 0 saturated carbocycles. The fourth-order valence-corrected chi connectivity index (χ4v) is 3.86.